The molecule has 1 saturated heterocycles. The summed E-state index contributed by atoms with van der Waals surface area (Å²) in [7, 11) is 1.66. The van der Waals surface area contributed by atoms with E-state index in [0.717, 1.165) is 6.42 Å². The summed E-state index contributed by atoms with van der Waals surface area (Å²) in [5.74, 6) is -1.53. The van der Waals surface area contributed by atoms with Gasteiger partial charge in [-0.2, -0.15) is 0 Å². The summed E-state index contributed by atoms with van der Waals surface area (Å²) in [5.41, 5.74) is 0. The van der Waals surface area contributed by atoms with Crippen LogP contribution in [0.5, 0.6) is 0 Å². The SMILES string of the molecule is CCCC(CC(=O)O)NC(=O)C1CC(=O)N(C)C1. The Labute approximate surface area is 106 Å². The van der Waals surface area contributed by atoms with Gasteiger partial charge in [-0.15, -0.1) is 0 Å². The largest absolute Gasteiger partial charge is 0.481 e. The Hall–Kier alpha value is -1.59. The average Bonchev–Trinajstić information content (AvgIpc) is 2.58. The number of hydrogen-bond acceptors (Lipinski definition) is 3. The summed E-state index contributed by atoms with van der Waals surface area (Å²) in [4.78, 5) is 35.5. The minimum atomic E-state index is -0.923. The lowest BCUT2D eigenvalue weighted by Crippen LogP contribution is -2.40. The predicted octanol–water partition coefficient (Wildman–Crippen LogP) is 0.224. The smallest absolute Gasteiger partial charge is 0.305 e. The molecule has 1 aliphatic rings. The molecule has 0 aromatic heterocycles. The van der Waals surface area contributed by atoms with Crippen molar-refractivity contribution in [2.45, 2.75) is 38.6 Å². The molecule has 6 heteroatoms. The minimum Gasteiger partial charge on any atom is -0.481 e. The van der Waals surface area contributed by atoms with Crippen molar-refractivity contribution in [3.8, 4) is 0 Å². The van der Waals surface area contributed by atoms with Gasteiger partial charge < -0.3 is 15.3 Å². The first-order valence-electron chi connectivity index (χ1n) is 6.20. The van der Waals surface area contributed by atoms with Gasteiger partial charge in [-0.25, -0.2) is 0 Å². The summed E-state index contributed by atoms with van der Waals surface area (Å²) in [5, 5.41) is 11.5. The lowest BCUT2D eigenvalue weighted by molar-refractivity contribution is -0.138. The number of nitrogens with zero attached hydrogens (tertiary/aromatic N) is 1. The Morgan fingerprint density at radius 3 is 2.67 bits per heavy atom. The van der Waals surface area contributed by atoms with Crippen molar-refractivity contribution in [2.24, 2.45) is 5.92 Å². The van der Waals surface area contributed by atoms with Gasteiger partial charge in [0.2, 0.25) is 11.8 Å². The molecule has 1 aliphatic heterocycles. The van der Waals surface area contributed by atoms with Crippen LogP contribution in [0.25, 0.3) is 0 Å². The van der Waals surface area contributed by atoms with Gasteiger partial charge >= 0.3 is 5.97 Å². The predicted molar refractivity (Wildman–Crippen MR) is 64.8 cm³/mol. The molecule has 2 unspecified atom stereocenters. The maximum Gasteiger partial charge on any atom is 0.305 e. The van der Waals surface area contributed by atoms with E-state index in [2.05, 4.69) is 5.32 Å². The topological polar surface area (TPSA) is 86.7 Å². The van der Waals surface area contributed by atoms with Crippen LogP contribution in [0.1, 0.15) is 32.6 Å². The molecule has 0 radical (unpaired) electrons. The Bertz CT molecular complexity index is 343. The molecule has 0 aromatic carbocycles. The Morgan fingerprint density at radius 2 is 2.22 bits per heavy atom. The highest BCUT2D eigenvalue weighted by Crippen LogP contribution is 2.16. The van der Waals surface area contributed by atoms with Crippen LogP contribution in [0.3, 0.4) is 0 Å². The third kappa shape index (κ3) is 4.01. The first-order chi connectivity index (χ1) is 8.43. The lowest BCUT2D eigenvalue weighted by Gasteiger charge is -2.18. The van der Waals surface area contributed by atoms with E-state index in [1.54, 1.807) is 7.05 Å². The average molecular weight is 256 g/mol. The third-order valence-electron chi connectivity index (χ3n) is 3.12. The van der Waals surface area contributed by atoms with Crippen LogP contribution >= 0.6 is 0 Å². The fourth-order valence-corrected chi connectivity index (χ4v) is 2.14. The zero-order valence-corrected chi connectivity index (χ0v) is 10.8. The van der Waals surface area contributed by atoms with Crippen molar-refractivity contribution in [1.82, 2.24) is 10.2 Å². The van der Waals surface area contributed by atoms with Crippen LogP contribution in [-0.2, 0) is 14.4 Å². The van der Waals surface area contributed by atoms with Crippen LogP contribution < -0.4 is 5.32 Å². The fourth-order valence-electron chi connectivity index (χ4n) is 2.14. The molecule has 0 aromatic rings. The van der Waals surface area contributed by atoms with Crippen LogP contribution in [0.2, 0.25) is 0 Å². The van der Waals surface area contributed by atoms with E-state index >= 15 is 0 Å². The molecule has 18 heavy (non-hydrogen) atoms. The molecule has 0 saturated carbocycles. The quantitative estimate of drug-likeness (QED) is 0.712. The van der Waals surface area contributed by atoms with E-state index in [1.807, 2.05) is 6.92 Å². The van der Waals surface area contributed by atoms with Gasteiger partial charge in [0.05, 0.1) is 12.3 Å². The van der Waals surface area contributed by atoms with E-state index in [-0.39, 0.29) is 36.6 Å². The van der Waals surface area contributed by atoms with Gasteiger partial charge in [-0.3, -0.25) is 14.4 Å². The van der Waals surface area contributed by atoms with Crippen molar-refractivity contribution in [1.29, 1.82) is 0 Å². The van der Waals surface area contributed by atoms with E-state index in [1.165, 1.54) is 4.90 Å². The number of amides is 2. The molecular formula is C12H20N2O4. The summed E-state index contributed by atoms with van der Waals surface area (Å²) in [6.45, 7) is 2.35. The first-order valence-corrected chi connectivity index (χ1v) is 6.20. The molecule has 6 nitrogen and oxygen atoms in total. The van der Waals surface area contributed by atoms with Crippen molar-refractivity contribution < 1.29 is 19.5 Å². The Kier molecular flexibility index (Phi) is 5.12. The highest BCUT2D eigenvalue weighted by atomic mass is 16.4. The molecule has 0 aliphatic carbocycles. The van der Waals surface area contributed by atoms with Crippen molar-refractivity contribution in [2.75, 3.05) is 13.6 Å². The first kappa shape index (κ1) is 14.5. The van der Waals surface area contributed by atoms with E-state index in [4.69, 9.17) is 5.11 Å². The van der Waals surface area contributed by atoms with Crippen molar-refractivity contribution in [3.05, 3.63) is 0 Å². The van der Waals surface area contributed by atoms with Gasteiger partial charge in [-0.1, -0.05) is 13.3 Å². The number of hydrogen-bond donors (Lipinski definition) is 2. The van der Waals surface area contributed by atoms with E-state index < -0.39 is 5.97 Å². The molecule has 0 spiro atoms. The van der Waals surface area contributed by atoms with Gasteiger partial charge in [0.25, 0.3) is 0 Å². The van der Waals surface area contributed by atoms with Gasteiger partial charge in [0.1, 0.15) is 0 Å². The number of carboxylic acids is 1. The third-order valence-corrected chi connectivity index (χ3v) is 3.12. The molecule has 1 rings (SSSR count). The zero-order chi connectivity index (χ0) is 13.7. The summed E-state index contributed by atoms with van der Waals surface area (Å²) in [6.07, 6.45) is 1.58. The number of aliphatic carboxylic acids is 1. The number of carboxylic acid groups (broad SMARTS) is 1. The molecule has 102 valence electrons. The summed E-state index contributed by atoms with van der Waals surface area (Å²) >= 11 is 0. The van der Waals surface area contributed by atoms with Crippen LogP contribution in [0.15, 0.2) is 0 Å². The lowest BCUT2D eigenvalue weighted by atomic mass is 10.0. The highest BCUT2D eigenvalue weighted by molar-refractivity contribution is 5.89. The molecular weight excluding hydrogens is 236 g/mol. The molecule has 2 atom stereocenters. The number of rotatable bonds is 6. The van der Waals surface area contributed by atoms with Gasteiger partial charge in [-0.05, 0) is 6.42 Å². The normalized spacial score (nSPS) is 20.9. The van der Waals surface area contributed by atoms with Crippen LogP contribution in [-0.4, -0.2) is 47.4 Å². The molecule has 1 fully saturated rings. The van der Waals surface area contributed by atoms with Crippen LogP contribution in [0, 0.1) is 5.92 Å². The van der Waals surface area contributed by atoms with Gasteiger partial charge in [0, 0.05) is 26.1 Å². The van der Waals surface area contributed by atoms with Crippen molar-refractivity contribution >= 4 is 17.8 Å². The van der Waals surface area contributed by atoms with Crippen LogP contribution in [0.4, 0.5) is 0 Å². The fraction of sp³-hybridized carbons (Fsp3) is 0.750. The maximum absolute atomic E-state index is 11.9. The van der Waals surface area contributed by atoms with E-state index in [9.17, 15) is 14.4 Å². The molecule has 0 bridgehead atoms. The summed E-state index contributed by atoms with van der Waals surface area (Å²) in [6, 6.07) is -0.346. The second-order valence-electron chi connectivity index (χ2n) is 4.77. The monoisotopic (exact) mass is 256 g/mol. The zero-order valence-electron chi connectivity index (χ0n) is 10.8. The highest BCUT2D eigenvalue weighted by Gasteiger charge is 2.33. The molecule has 2 amide bonds. The maximum atomic E-state index is 11.9. The second kappa shape index (κ2) is 6.37. The standard InChI is InChI=1S/C12H20N2O4/c1-3-4-9(6-11(16)17)13-12(18)8-5-10(15)14(2)7-8/h8-9H,3-7H2,1-2H3,(H,13,18)(H,16,17). The summed E-state index contributed by atoms with van der Waals surface area (Å²) < 4.78 is 0. The van der Waals surface area contributed by atoms with E-state index in [0.29, 0.717) is 13.0 Å². The molecule has 1 heterocycles. The Balaban J connectivity index is 2.50. The van der Waals surface area contributed by atoms with Gasteiger partial charge in [0.15, 0.2) is 0 Å². The number of nitrogens with one attached hydrogen (secondary N) is 1. The minimum absolute atomic E-state index is 0.0413. The number of carbonyl (C=O) groups excluding carboxylic acids is 2. The van der Waals surface area contributed by atoms with Crippen molar-refractivity contribution in [3.63, 3.8) is 0 Å². The number of carbonyl (C=O) groups is 3. The second-order valence-corrected chi connectivity index (χ2v) is 4.77. The Morgan fingerprint density at radius 1 is 1.56 bits per heavy atom. The number of likely N-dealkylation sites (tertiary alicyclic amines) is 1. The molecule has 2 N–H and O–H groups in total.